The molecule has 0 radical (unpaired) electrons. The van der Waals surface area contributed by atoms with E-state index in [-0.39, 0.29) is 0 Å². The lowest BCUT2D eigenvalue weighted by atomic mass is 10.2. The van der Waals surface area contributed by atoms with Crippen LogP contribution in [0.1, 0.15) is 12.5 Å². The predicted octanol–water partition coefficient (Wildman–Crippen LogP) is 3.92. The summed E-state index contributed by atoms with van der Waals surface area (Å²) in [7, 11) is 0. The highest BCUT2D eigenvalue weighted by molar-refractivity contribution is 8.04. The van der Waals surface area contributed by atoms with Crippen molar-refractivity contribution in [2.24, 2.45) is 0 Å². The van der Waals surface area contributed by atoms with Crippen LogP contribution in [0.3, 0.4) is 0 Å². The van der Waals surface area contributed by atoms with Crippen LogP contribution in [0.25, 0.3) is 6.08 Å². The highest BCUT2D eigenvalue weighted by Crippen LogP contribution is 2.37. The molecule has 1 atom stereocenters. The zero-order chi connectivity index (χ0) is 9.26. The Balaban J connectivity index is 2.41. The summed E-state index contributed by atoms with van der Waals surface area (Å²) in [6.07, 6.45) is 1.94. The molecular formula is C11H12S2. The van der Waals surface area contributed by atoms with Gasteiger partial charge in [-0.25, -0.2) is 0 Å². The van der Waals surface area contributed by atoms with Crippen LogP contribution in [0.5, 0.6) is 0 Å². The summed E-state index contributed by atoms with van der Waals surface area (Å²) in [4.78, 5) is 2.77. The van der Waals surface area contributed by atoms with Crippen molar-refractivity contribution in [3.8, 4) is 0 Å². The summed E-state index contributed by atoms with van der Waals surface area (Å²) in [6, 6.07) is 6.62. The van der Waals surface area contributed by atoms with Gasteiger partial charge in [0, 0.05) is 20.8 Å². The van der Waals surface area contributed by atoms with E-state index < -0.39 is 0 Å². The van der Waals surface area contributed by atoms with Crippen molar-refractivity contribution in [1.29, 1.82) is 0 Å². The lowest BCUT2D eigenvalue weighted by Crippen LogP contribution is -1.96. The molecule has 1 aromatic carbocycles. The quantitative estimate of drug-likeness (QED) is 0.686. The van der Waals surface area contributed by atoms with Crippen molar-refractivity contribution in [3.05, 3.63) is 30.3 Å². The molecule has 0 N–H and O–H groups in total. The first-order valence-corrected chi connectivity index (χ1v) is 6.22. The normalized spacial score (nSPS) is 20.8. The molecule has 0 amide bonds. The standard InChI is InChI=1S/C11H12S2/c1-3-9-4-5-10-6-11(9)12-7-8(2)13-10/h3-6,8H,1,7H2,2H3. The van der Waals surface area contributed by atoms with Crippen molar-refractivity contribution < 1.29 is 0 Å². The minimum atomic E-state index is 0.711. The molecule has 13 heavy (non-hydrogen) atoms. The molecule has 0 aliphatic carbocycles. The van der Waals surface area contributed by atoms with Gasteiger partial charge in [-0.3, -0.25) is 0 Å². The van der Waals surface area contributed by atoms with Crippen LogP contribution in [-0.4, -0.2) is 11.0 Å². The Hall–Kier alpha value is -0.340. The Morgan fingerprint density at radius 3 is 3.15 bits per heavy atom. The molecule has 1 heterocycles. The van der Waals surface area contributed by atoms with Gasteiger partial charge < -0.3 is 0 Å². The molecule has 0 saturated carbocycles. The van der Waals surface area contributed by atoms with Crippen molar-refractivity contribution in [3.63, 3.8) is 0 Å². The fourth-order valence-electron chi connectivity index (χ4n) is 1.36. The highest BCUT2D eigenvalue weighted by atomic mass is 32.2. The molecule has 0 spiro atoms. The van der Waals surface area contributed by atoms with Crippen LogP contribution >= 0.6 is 23.5 Å². The van der Waals surface area contributed by atoms with Gasteiger partial charge in [0.25, 0.3) is 0 Å². The molecule has 0 saturated heterocycles. The Bertz CT molecular complexity index is 331. The Labute approximate surface area is 87.8 Å². The van der Waals surface area contributed by atoms with Crippen LogP contribution in [0.15, 0.2) is 34.6 Å². The fourth-order valence-corrected chi connectivity index (χ4v) is 3.65. The molecule has 68 valence electrons. The first-order chi connectivity index (χ1) is 6.29. The molecule has 0 fully saturated rings. The van der Waals surface area contributed by atoms with Gasteiger partial charge >= 0.3 is 0 Å². The van der Waals surface area contributed by atoms with Crippen LogP contribution in [0.4, 0.5) is 0 Å². The second kappa shape index (κ2) is 3.81. The first-order valence-electron chi connectivity index (χ1n) is 4.35. The number of hydrogen-bond acceptors (Lipinski definition) is 2. The SMILES string of the molecule is C=Cc1ccc2cc1SCC(C)S2. The lowest BCUT2D eigenvalue weighted by Gasteiger charge is -2.03. The Morgan fingerprint density at radius 2 is 2.38 bits per heavy atom. The topological polar surface area (TPSA) is 0 Å². The van der Waals surface area contributed by atoms with E-state index in [1.807, 2.05) is 29.6 Å². The molecule has 1 aliphatic rings. The van der Waals surface area contributed by atoms with Crippen LogP contribution < -0.4 is 0 Å². The van der Waals surface area contributed by atoms with Gasteiger partial charge in [0.15, 0.2) is 0 Å². The van der Waals surface area contributed by atoms with E-state index in [0.29, 0.717) is 5.25 Å². The minimum absolute atomic E-state index is 0.711. The number of fused-ring (bicyclic) bond motifs is 2. The van der Waals surface area contributed by atoms with Gasteiger partial charge in [0.2, 0.25) is 0 Å². The molecule has 1 aliphatic heterocycles. The summed E-state index contributed by atoms with van der Waals surface area (Å²) in [5.74, 6) is 1.19. The Morgan fingerprint density at radius 1 is 1.54 bits per heavy atom. The first kappa shape index (κ1) is 9.22. The maximum absolute atomic E-state index is 3.82. The van der Waals surface area contributed by atoms with E-state index in [0.717, 1.165) is 0 Å². The molecular weight excluding hydrogens is 196 g/mol. The Kier molecular flexibility index (Phi) is 2.70. The number of hydrogen-bond donors (Lipinski definition) is 0. The van der Waals surface area contributed by atoms with E-state index in [1.54, 1.807) is 0 Å². The number of benzene rings is 1. The molecule has 1 unspecified atom stereocenters. The summed E-state index contributed by atoms with van der Waals surface area (Å²) in [6.45, 7) is 6.10. The number of thioether (sulfide) groups is 2. The minimum Gasteiger partial charge on any atom is -0.124 e. The molecule has 2 heteroatoms. The van der Waals surface area contributed by atoms with Crippen LogP contribution in [0.2, 0.25) is 0 Å². The number of rotatable bonds is 1. The maximum atomic E-state index is 3.82. The van der Waals surface area contributed by atoms with E-state index in [1.165, 1.54) is 21.1 Å². The summed E-state index contributed by atoms with van der Waals surface area (Å²) < 4.78 is 0. The molecule has 0 aromatic heterocycles. The van der Waals surface area contributed by atoms with E-state index in [9.17, 15) is 0 Å². The smallest absolute Gasteiger partial charge is 0.0160 e. The van der Waals surface area contributed by atoms with Gasteiger partial charge in [0.05, 0.1) is 0 Å². The van der Waals surface area contributed by atoms with Crippen molar-refractivity contribution in [2.75, 3.05) is 5.75 Å². The zero-order valence-electron chi connectivity index (χ0n) is 7.62. The van der Waals surface area contributed by atoms with Gasteiger partial charge in [-0.05, 0) is 17.7 Å². The second-order valence-corrected chi connectivity index (χ2v) is 5.72. The second-order valence-electron chi connectivity index (χ2n) is 3.14. The summed E-state index contributed by atoms with van der Waals surface area (Å²) in [5, 5.41) is 0.711. The van der Waals surface area contributed by atoms with E-state index >= 15 is 0 Å². The van der Waals surface area contributed by atoms with Gasteiger partial charge in [0.1, 0.15) is 0 Å². The zero-order valence-corrected chi connectivity index (χ0v) is 9.25. The summed E-state index contributed by atoms with van der Waals surface area (Å²) in [5.41, 5.74) is 1.27. The van der Waals surface area contributed by atoms with Gasteiger partial charge in [-0.2, -0.15) is 0 Å². The maximum Gasteiger partial charge on any atom is 0.0160 e. The molecule has 2 rings (SSSR count). The van der Waals surface area contributed by atoms with Crippen molar-refractivity contribution in [2.45, 2.75) is 22.0 Å². The summed E-state index contributed by atoms with van der Waals surface area (Å²) >= 11 is 3.90. The molecule has 0 nitrogen and oxygen atoms in total. The third-order valence-electron chi connectivity index (χ3n) is 2.02. The lowest BCUT2D eigenvalue weighted by molar-refractivity contribution is 1.13. The van der Waals surface area contributed by atoms with Gasteiger partial charge in [-0.15, -0.1) is 23.5 Å². The predicted molar refractivity (Wildman–Crippen MR) is 62.6 cm³/mol. The third-order valence-corrected chi connectivity index (χ3v) is 4.65. The van der Waals surface area contributed by atoms with E-state index in [2.05, 4.69) is 31.7 Å². The van der Waals surface area contributed by atoms with Crippen molar-refractivity contribution >= 4 is 29.6 Å². The molecule has 2 bridgehead atoms. The third kappa shape index (κ3) is 1.94. The average Bonchev–Trinajstić information content (AvgIpc) is 2.27. The monoisotopic (exact) mass is 208 g/mol. The van der Waals surface area contributed by atoms with E-state index in [4.69, 9.17) is 0 Å². The fraction of sp³-hybridized carbons (Fsp3) is 0.273. The van der Waals surface area contributed by atoms with Crippen molar-refractivity contribution in [1.82, 2.24) is 0 Å². The average molecular weight is 208 g/mol. The van der Waals surface area contributed by atoms with Gasteiger partial charge in [-0.1, -0.05) is 25.6 Å². The highest BCUT2D eigenvalue weighted by Gasteiger charge is 2.12. The molecule has 1 aromatic rings. The largest absolute Gasteiger partial charge is 0.124 e. The van der Waals surface area contributed by atoms with Crippen LogP contribution in [0, 0.1) is 0 Å². The van der Waals surface area contributed by atoms with Crippen LogP contribution in [-0.2, 0) is 0 Å².